The molecule has 0 atom stereocenters. The number of anilines is 3. The molecule has 6 rings (SSSR count). The third-order valence-electron chi connectivity index (χ3n) is 9.16. The summed E-state index contributed by atoms with van der Waals surface area (Å²) in [6.07, 6.45) is 8.96. The second-order valence-corrected chi connectivity index (χ2v) is 12.3. The third-order valence-corrected chi connectivity index (χ3v) is 9.16. The molecule has 42 heavy (non-hydrogen) atoms. The van der Waals surface area contributed by atoms with Crippen LogP contribution in [-0.4, -0.2) is 115 Å². The van der Waals surface area contributed by atoms with Gasteiger partial charge >= 0.3 is 0 Å². The molecule has 0 unspecified atom stereocenters. The lowest BCUT2D eigenvalue weighted by Gasteiger charge is -2.36. The molecule has 1 aromatic carbocycles. The summed E-state index contributed by atoms with van der Waals surface area (Å²) in [6, 6.07) is 10.9. The monoisotopic (exact) mass is 573 g/mol. The Morgan fingerprint density at radius 1 is 0.952 bits per heavy atom. The highest BCUT2D eigenvalue weighted by atomic mass is 16.2. The van der Waals surface area contributed by atoms with Gasteiger partial charge in [-0.15, -0.1) is 0 Å². The third kappa shape index (κ3) is 6.71. The second-order valence-electron chi connectivity index (χ2n) is 12.3. The van der Waals surface area contributed by atoms with Gasteiger partial charge in [-0.3, -0.25) is 9.69 Å². The molecule has 2 aromatic heterocycles. The Balaban J connectivity index is 1.04. The summed E-state index contributed by atoms with van der Waals surface area (Å²) in [5, 5.41) is 7.75. The summed E-state index contributed by atoms with van der Waals surface area (Å²) < 4.78 is 2.16. The first-order valence-electron chi connectivity index (χ1n) is 15.9. The number of hydrogen-bond donors (Lipinski definition) is 2. The van der Waals surface area contributed by atoms with Crippen LogP contribution in [-0.2, 0) is 0 Å². The zero-order valence-electron chi connectivity index (χ0n) is 25.4. The van der Waals surface area contributed by atoms with Gasteiger partial charge in [0.05, 0.1) is 0 Å². The molecule has 226 valence electrons. The minimum Gasteiger partial charge on any atom is -0.369 e. The minimum atomic E-state index is 0.0108. The van der Waals surface area contributed by atoms with Crippen LogP contribution in [0.15, 0.2) is 36.5 Å². The molecule has 2 aliphatic heterocycles. The van der Waals surface area contributed by atoms with Gasteiger partial charge in [0.1, 0.15) is 11.3 Å². The van der Waals surface area contributed by atoms with Crippen LogP contribution in [0.5, 0.6) is 0 Å². The molecular weight excluding hydrogens is 526 g/mol. The van der Waals surface area contributed by atoms with Gasteiger partial charge < -0.3 is 29.9 Å². The van der Waals surface area contributed by atoms with Crippen LogP contribution in [0.2, 0.25) is 0 Å². The minimum absolute atomic E-state index is 0.0108. The van der Waals surface area contributed by atoms with Crippen LogP contribution in [0.1, 0.15) is 55.1 Å². The van der Waals surface area contributed by atoms with E-state index in [0.717, 1.165) is 68.8 Å². The number of benzene rings is 1. The standard InChI is InChI=1S/C32H47N9O/c1-37(2)31(42)29-23-25-24-34-32(36-30(25)41(29)28-7-3-4-8-28)35-26-9-11-27(12-10-26)40-21-19-39(20-22-40)16-6-5-15-38-17-13-33-14-18-38/h9-12,23-24,28,33H,3-8,13-22H2,1-2H3,(H,34,35,36). The molecule has 3 aromatic rings. The van der Waals surface area contributed by atoms with Gasteiger partial charge in [0.25, 0.3) is 5.91 Å². The molecule has 2 saturated heterocycles. The maximum atomic E-state index is 13.0. The Morgan fingerprint density at radius 2 is 1.62 bits per heavy atom. The quantitative estimate of drug-likeness (QED) is 0.355. The van der Waals surface area contributed by atoms with Crippen molar-refractivity contribution in [3.05, 3.63) is 42.2 Å². The van der Waals surface area contributed by atoms with Crippen molar-refractivity contribution in [3.63, 3.8) is 0 Å². The van der Waals surface area contributed by atoms with Crippen LogP contribution in [0.3, 0.4) is 0 Å². The summed E-state index contributed by atoms with van der Waals surface area (Å²) in [7, 11) is 3.61. The van der Waals surface area contributed by atoms with Crippen LogP contribution in [0.25, 0.3) is 11.0 Å². The fraction of sp³-hybridized carbons (Fsp3) is 0.594. The summed E-state index contributed by atoms with van der Waals surface area (Å²) >= 11 is 0. The van der Waals surface area contributed by atoms with Gasteiger partial charge in [0.2, 0.25) is 5.95 Å². The molecule has 0 radical (unpaired) electrons. The Bertz CT molecular complexity index is 1320. The second kappa shape index (κ2) is 13.4. The molecule has 2 N–H and O–H groups in total. The van der Waals surface area contributed by atoms with Crippen molar-refractivity contribution in [1.82, 2.24) is 34.6 Å². The predicted octanol–water partition coefficient (Wildman–Crippen LogP) is 3.80. The lowest BCUT2D eigenvalue weighted by Crippen LogP contribution is -2.47. The van der Waals surface area contributed by atoms with Crippen molar-refractivity contribution in [2.24, 2.45) is 0 Å². The Hall–Kier alpha value is -3.21. The highest BCUT2D eigenvalue weighted by Gasteiger charge is 2.26. The first-order chi connectivity index (χ1) is 20.5. The summed E-state index contributed by atoms with van der Waals surface area (Å²) in [5.74, 6) is 0.568. The largest absolute Gasteiger partial charge is 0.369 e. The molecule has 0 spiro atoms. The van der Waals surface area contributed by atoms with E-state index in [1.807, 2.05) is 12.3 Å². The predicted molar refractivity (Wildman–Crippen MR) is 170 cm³/mol. The fourth-order valence-electron chi connectivity index (χ4n) is 6.71. The molecule has 0 bridgehead atoms. The molecule has 1 saturated carbocycles. The first-order valence-corrected chi connectivity index (χ1v) is 15.9. The van der Waals surface area contributed by atoms with E-state index in [4.69, 9.17) is 4.98 Å². The maximum absolute atomic E-state index is 13.0. The number of nitrogens with zero attached hydrogens (tertiary/aromatic N) is 7. The number of aromatic nitrogens is 3. The Labute approximate surface area is 250 Å². The van der Waals surface area contributed by atoms with Crippen molar-refractivity contribution in [1.29, 1.82) is 0 Å². The van der Waals surface area contributed by atoms with Crippen molar-refractivity contribution in [2.45, 2.75) is 44.6 Å². The van der Waals surface area contributed by atoms with E-state index in [-0.39, 0.29) is 5.91 Å². The van der Waals surface area contributed by atoms with E-state index < -0.39 is 0 Å². The lowest BCUT2D eigenvalue weighted by molar-refractivity contribution is 0.0815. The first kappa shape index (κ1) is 28.9. The molecule has 10 heteroatoms. The summed E-state index contributed by atoms with van der Waals surface area (Å²) in [5.41, 5.74) is 3.76. The number of hydrogen-bond acceptors (Lipinski definition) is 8. The topological polar surface area (TPSA) is 84.8 Å². The van der Waals surface area contributed by atoms with E-state index >= 15 is 0 Å². The van der Waals surface area contributed by atoms with E-state index in [1.54, 1.807) is 19.0 Å². The van der Waals surface area contributed by atoms with Gasteiger partial charge in [0.15, 0.2) is 0 Å². The number of fused-ring (bicyclic) bond motifs is 1. The van der Waals surface area contributed by atoms with Crippen molar-refractivity contribution < 1.29 is 4.79 Å². The average molecular weight is 574 g/mol. The van der Waals surface area contributed by atoms with Gasteiger partial charge in [0, 0.05) is 95.5 Å². The lowest BCUT2D eigenvalue weighted by atomic mass is 10.2. The van der Waals surface area contributed by atoms with Crippen LogP contribution in [0, 0.1) is 0 Å². The summed E-state index contributed by atoms with van der Waals surface area (Å²) in [4.78, 5) is 31.8. The molecule has 1 aliphatic carbocycles. The zero-order valence-corrected chi connectivity index (χ0v) is 25.4. The highest BCUT2D eigenvalue weighted by Crippen LogP contribution is 2.35. The van der Waals surface area contributed by atoms with Crippen LogP contribution in [0.4, 0.5) is 17.3 Å². The Kier molecular flexibility index (Phi) is 9.21. The number of amides is 1. The van der Waals surface area contributed by atoms with Crippen molar-refractivity contribution >= 4 is 34.3 Å². The fourth-order valence-corrected chi connectivity index (χ4v) is 6.71. The van der Waals surface area contributed by atoms with Crippen LogP contribution < -0.4 is 15.5 Å². The van der Waals surface area contributed by atoms with Gasteiger partial charge in [-0.25, -0.2) is 4.98 Å². The Morgan fingerprint density at radius 3 is 2.29 bits per heavy atom. The maximum Gasteiger partial charge on any atom is 0.270 e. The number of nitrogens with one attached hydrogen (secondary N) is 2. The number of carbonyl (C=O) groups excluding carboxylic acids is 1. The van der Waals surface area contributed by atoms with Gasteiger partial charge in [-0.2, -0.15) is 4.98 Å². The highest BCUT2D eigenvalue weighted by molar-refractivity contribution is 5.98. The van der Waals surface area contributed by atoms with Crippen LogP contribution >= 0.6 is 0 Å². The van der Waals surface area contributed by atoms with Crippen molar-refractivity contribution in [2.75, 3.05) is 89.8 Å². The van der Waals surface area contributed by atoms with Gasteiger partial charge in [-0.1, -0.05) is 12.8 Å². The van der Waals surface area contributed by atoms with E-state index in [0.29, 0.717) is 17.7 Å². The summed E-state index contributed by atoms with van der Waals surface area (Å²) in [6.45, 7) is 11.5. The smallest absolute Gasteiger partial charge is 0.270 e. The average Bonchev–Trinajstić information content (AvgIpc) is 3.68. The number of carbonyl (C=O) groups is 1. The molecule has 10 nitrogen and oxygen atoms in total. The number of rotatable bonds is 10. The van der Waals surface area contributed by atoms with E-state index in [2.05, 4.69) is 59.1 Å². The number of unbranched alkanes of at least 4 members (excludes halogenated alkanes) is 1. The number of piperazine rings is 2. The van der Waals surface area contributed by atoms with Gasteiger partial charge in [-0.05, 0) is 69.1 Å². The normalized spacial score (nSPS) is 19.0. The molecular formula is C32H47N9O. The molecule has 3 fully saturated rings. The SMILES string of the molecule is CN(C)C(=O)c1cc2cnc(Nc3ccc(N4CCN(CCCCN5CCNCC5)CC4)cc3)nc2n1C1CCCC1. The van der Waals surface area contributed by atoms with Crippen molar-refractivity contribution in [3.8, 4) is 0 Å². The molecule has 1 amide bonds. The molecule has 3 aliphatic rings. The molecule has 4 heterocycles. The van der Waals surface area contributed by atoms with E-state index in [9.17, 15) is 4.79 Å². The van der Waals surface area contributed by atoms with E-state index in [1.165, 1.54) is 57.5 Å². The zero-order chi connectivity index (χ0) is 28.9.